The van der Waals surface area contributed by atoms with Gasteiger partial charge in [0.2, 0.25) is 0 Å². The zero-order valence-corrected chi connectivity index (χ0v) is 16.6. The standard InChI is InChI=1S/C19H29N3O2S/c1-15-21(10-11-22(15)25-5)12-13-24-18(23)20-14-16-6-8-17(9-7-16)19(2,3)4/h6-11,15H,12-14H2,1-5H3,(H,20,23). The maximum atomic E-state index is 11.8. The number of hydrogen-bond donors (Lipinski definition) is 1. The molecular weight excluding hydrogens is 334 g/mol. The van der Waals surface area contributed by atoms with Crippen molar-refractivity contribution in [3.63, 3.8) is 0 Å². The van der Waals surface area contributed by atoms with Crippen LogP contribution in [0.15, 0.2) is 36.7 Å². The minimum atomic E-state index is -0.377. The maximum absolute atomic E-state index is 11.8. The molecule has 1 aromatic carbocycles. The second-order valence-corrected chi connectivity index (χ2v) is 7.93. The molecule has 25 heavy (non-hydrogen) atoms. The number of ether oxygens (including phenoxy) is 1. The summed E-state index contributed by atoms with van der Waals surface area (Å²) in [4.78, 5) is 14.0. The van der Waals surface area contributed by atoms with Crippen molar-refractivity contribution in [1.82, 2.24) is 14.5 Å². The summed E-state index contributed by atoms with van der Waals surface area (Å²) in [5.74, 6) is 0. The average Bonchev–Trinajstić information content (AvgIpc) is 2.93. The van der Waals surface area contributed by atoms with E-state index in [2.05, 4.69) is 66.5 Å². The van der Waals surface area contributed by atoms with Crippen LogP contribution < -0.4 is 5.32 Å². The predicted octanol–water partition coefficient (Wildman–Crippen LogP) is 3.92. The van der Waals surface area contributed by atoms with Gasteiger partial charge in [-0.2, -0.15) is 0 Å². The quantitative estimate of drug-likeness (QED) is 0.776. The third kappa shape index (κ3) is 5.59. The van der Waals surface area contributed by atoms with Gasteiger partial charge in [0, 0.05) is 25.2 Å². The molecule has 0 saturated carbocycles. The van der Waals surface area contributed by atoms with Crippen molar-refractivity contribution in [2.75, 3.05) is 19.4 Å². The molecule has 1 aliphatic rings. The Balaban J connectivity index is 1.68. The van der Waals surface area contributed by atoms with E-state index in [0.717, 1.165) is 5.56 Å². The van der Waals surface area contributed by atoms with Crippen LogP contribution >= 0.6 is 11.9 Å². The van der Waals surface area contributed by atoms with E-state index in [-0.39, 0.29) is 17.7 Å². The number of nitrogens with one attached hydrogen (secondary N) is 1. The van der Waals surface area contributed by atoms with E-state index in [1.807, 2.05) is 18.7 Å². The fourth-order valence-electron chi connectivity index (χ4n) is 2.61. The highest BCUT2D eigenvalue weighted by atomic mass is 32.2. The molecule has 1 amide bonds. The monoisotopic (exact) mass is 363 g/mol. The number of benzene rings is 1. The van der Waals surface area contributed by atoms with E-state index in [1.54, 1.807) is 11.9 Å². The molecule has 1 aromatic rings. The predicted molar refractivity (Wildman–Crippen MR) is 104 cm³/mol. The molecule has 0 radical (unpaired) electrons. The minimum Gasteiger partial charge on any atom is -0.448 e. The Hall–Kier alpha value is -1.82. The van der Waals surface area contributed by atoms with Crippen LogP contribution in [0.3, 0.4) is 0 Å². The van der Waals surface area contributed by atoms with Crippen LogP contribution in [0.25, 0.3) is 0 Å². The summed E-state index contributed by atoms with van der Waals surface area (Å²) < 4.78 is 7.42. The van der Waals surface area contributed by atoms with Crippen LogP contribution in [-0.2, 0) is 16.7 Å². The second-order valence-electron chi connectivity index (χ2n) is 7.15. The normalized spacial score (nSPS) is 17.1. The Labute approximate surface area is 155 Å². The Morgan fingerprint density at radius 3 is 2.48 bits per heavy atom. The van der Waals surface area contributed by atoms with Crippen LogP contribution in [0.1, 0.15) is 38.8 Å². The van der Waals surface area contributed by atoms with Gasteiger partial charge in [-0.05, 0) is 23.5 Å². The molecule has 0 spiro atoms. The van der Waals surface area contributed by atoms with E-state index < -0.39 is 0 Å². The first-order valence-corrected chi connectivity index (χ1v) is 9.76. The van der Waals surface area contributed by atoms with Gasteiger partial charge in [-0.1, -0.05) is 57.0 Å². The van der Waals surface area contributed by atoms with E-state index in [9.17, 15) is 4.79 Å². The molecule has 2 rings (SSSR count). The van der Waals surface area contributed by atoms with Gasteiger partial charge in [0.25, 0.3) is 0 Å². The largest absolute Gasteiger partial charge is 0.448 e. The van der Waals surface area contributed by atoms with Crippen molar-refractivity contribution < 1.29 is 9.53 Å². The Bertz CT molecular complexity index is 596. The van der Waals surface area contributed by atoms with Gasteiger partial charge in [0.1, 0.15) is 12.8 Å². The van der Waals surface area contributed by atoms with Crippen LogP contribution in [-0.4, -0.2) is 40.9 Å². The maximum Gasteiger partial charge on any atom is 0.407 e. The van der Waals surface area contributed by atoms with Crippen LogP contribution in [0, 0.1) is 0 Å². The number of alkyl carbamates (subject to hydrolysis) is 1. The fourth-order valence-corrected chi connectivity index (χ4v) is 3.22. The summed E-state index contributed by atoms with van der Waals surface area (Å²) in [7, 11) is 0. The lowest BCUT2D eigenvalue weighted by atomic mass is 9.87. The minimum absolute atomic E-state index is 0.137. The fraction of sp³-hybridized carbons (Fsp3) is 0.526. The summed E-state index contributed by atoms with van der Waals surface area (Å²) >= 11 is 1.68. The van der Waals surface area contributed by atoms with Gasteiger partial charge in [-0.25, -0.2) is 4.79 Å². The third-order valence-electron chi connectivity index (χ3n) is 4.30. The molecule has 0 saturated heterocycles. The van der Waals surface area contributed by atoms with Gasteiger partial charge >= 0.3 is 6.09 Å². The molecule has 5 nitrogen and oxygen atoms in total. The van der Waals surface area contributed by atoms with Crippen LogP contribution in [0.4, 0.5) is 4.79 Å². The van der Waals surface area contributed by atoms with Gasteiger partial charge in [0.15, 0.2) is 0 Å². The molecule has 138 valence electrons. The van der Waals surface area contributed by atoms with Gasteiger partial charge in [0.05, 0.1) is 6.54 Å². The Morgan fingerprint density at radius 1 is 1.24 bits per heavy atom. The molecule has 0 fully saturated rings. The Morgan fingerprint density at radius 2 is 1.92 bits per heavy atom. The number of hydrogen-bond acceptors (Lipinski definition) is 5. The van der Waals surface area contributed by atoms with Crippen molar-refractivity contribution >= 4 is 18.0 Å². The van der Waals surface area contributed by atoms with E-state index in [0.29, 0.717) is 19.7 Å². The van der Waals surface area contributed by atoms with Crippen molar-refractivity contribution in [1.29, 1.82) is 0 Å². The molecule has 1 N–H and O–H groups in total. The van der Waals surface area contributed by atoms with Crippen molar-refractivity contribution in [2.24, 2.45) is 0 Å². The molecule has 1 unspecified atom stereocenters. The van der Waals surface area contributed by atoms with Crippen molar-refractivity contribution in [3.8, 4) is 0 Å². The first-order valence-electron chi connectivity index (χ1n) is 8.58. The molecule has 0 aromatic heterocycles. The summed E-state index contributed by atoms with van der Waals surface area (Å²) in [6, 6.07) is 8.32. The summed E-state index contributed by atoms with van der Waals surface area (Å²) in [6.07, 6.45) is 6.01. The first-order chi connectivity index (χ1) is 11.8. The third-order valence-corrected chi connectivity index (χ3v) is 5.15. The number of rotatable bonds is 6. The summed E-state index contributed by atoms with van der Waals surface area (Å²) in [5, 5.41) is 2.80. The number of carbonyl (C=O) groups is 1. The number of nitrogens with zero attached hydrogens (tertiary/aromatic N) is 2. The zero-order valence-electron chi connectivity index (χ0n) is 15.8. The molecule has 0 bridgehead atoms. The van der Waals surface area contributed by atoms with Gasteiger partial charge in [-0.15, -0.1) is 0 Å². The summed E-state index contributed by atoms with van der Waals surface area (Å²) in [6.45, 7) is 10.2. The number of carbonyl (C=O) groups excluding carboxylic acids is 1. The molecule has 0 aliphatic carbocycles. The van der Waals surface area contributed by atoms with Crippen LogP contribution in [0.5, 0.6) is 0 Å². The Kier molecular flexibility index (Phi) is 6.64. The number of amides is 1. The molecular formula is C19H29N3O2S. The molecule has 1 aliphatic heterocycles. The van der Waals surface area contributed by atoms with Crippen LogP contribution in [0.2, 0.25) is 0 Å². The lowest BCUT2D eigenvalue weighted by Crippen LogP contribution is -2.35. The van der Waals surface area contributed by atoms with E-state index in [1.165, 1.54) is 5.56 Å². The zero-order chi connectivity index (χ0) is 18.4. The van der Waals surface area contributed by atoms with Gasteiger partial charge < -0.3 is 19.3 Å². The lowest BCUT2D eigenvalue weighted by Gasteiger charge is -2.27. The topological polar surface area (TPSA) is 44.8 Å². The SMILES string of the molecule is CSN1C=CN(CCOC(=O)NCc2ccc(C(C)(C)C)cc2)C1C. The van der Waals surface area contributed by atoms with E-state index in [4.69, 9.17) is 4.74 Å². The van der Waals surface area contributed by atoms with Gasteiger partial charge in [-0.3, -0.25) is 0 Å². The summed E-state index contributed by atoms with van der Waals surface area (Å²) in [5.41, 5.74) is 2.49. The smallest absolute Gasteiger partial charge is 0.407 e. The first kappa shape index (κ1) is 19.5. The highest BCUT2D eigenvalue weighted by molar-refractivity contribution is 7.96. The highest BCUT2D eigenvalue weighted by Gasteiger charge is 2.21. The molecule has 6 heteroatoms. The lowest BCUT2D eigenvalue weighted by molar-refractivity contribution is 0.125. The van der Waals surface area contributed by atoms with E-state index >= 15 is 0 Å². The average molecular weight is 364 g/mol. The molecule has 1 atom stereocenters. The van der Waals surface area contributed by atoms with Crippen molar-refractivity contribution in [2.45, 2.75) is 45.8 Å². The molecule has 1 heterocycles. The second kappa shape index (κ2) is 8.52. The van der Waals surface area contributed by atoms with Crippen molar-refractivity contribution in [3.05, 3.63) is 47.8 Å². The highest BCUT2D eigenvalue weighted by Crippen LogP contribution is 2.22.